The molecule has 0 fully saturated rings. The number of anilines is 2. The zero-order valence-corrected chi connectivity index (χ0v) is 11.3. The monoisotopic (exact) mass is 278 g/mol. The van der Waals surface area contributed by atoms with Crippen LogP contribution in [0.3, 0.4) is 0 Å². The molecule has 5 heteroatoms. The Balaban J connectivity index is 1.74. The van der Waals surface area contributed by atoms with Crippen LogP contribution in [-0.2, 0) is 0 Å². The summed E-state index contributed by atoms with van der Waals surface area (Å²) in [6.45, 7) is 0.590. The Morgan fingerprint density at radius 3 is 3.00 bits per heavy atom. The fourth-order valence-corrected chi connectivity index (χ4v) is 2.64. The Morgan fingerprint density at radius 2 is 2.05 bits per heavy atom. The molecule has 1 aliphatic heterocycles. The lowest BCUT2D eigenvalue weighted by atomic mass is 10.1. The van der Waals surface area contributed by atoms with E-state index in [0.717, 1.165) is 28.0 Å². The summed E-state index contributed by atoms with van der Waals surface area (Å²) in [6, 6.07) is 13.7. The molecule has 2 heterocycles. The molecular weight excluding hydrogens is 264 g/mol. The number of nitrogens with zero attached hydrogens (tertiary/aromatic N) is 2. The third-order valence-electron chi connectivity index (χ3n) is 3.67. The minimum absolute atomic E-state index is 0.0840. The van der Waals surface area contributed by atoms with Gasteiger partial charge in [0.1, 0.15) is 24.5 Å². The van der Waals surface area contributed by atoms with Crippen LogP contribution in [0.1, 0.15) is 11.6 Å². The van der Waals surface area contributed by atoms with E-state index in [1.54, 1.807) is 6.33 Å². The zero-order chi connectivity index (χ0) is 14.2. The minimum atomic E-state index is 0.0840. The molecule has 1 aliphatic rings. The molecule has 1 unspecified atom stereocenters. The van der Waals surface area contributed by atoms with Crippen molar-refractivity contribution >= 4 is 22.4 Å². The lowest BCUT2D eigenvalue weighted by molar-refractivity contribution is 0.339. The third kappa shape index (κ3) is 2.03. The SMILES string of the molecule is Nc1ccc2ncnc(NC3COc4ccccc43)c2c1. The average molecular weight is 278 g/mol. The van der Waals surface area contributed by atoms with Crippen molar-refractivity contribution in [3.8, 4) is 5.75 Å². The van der Waals surface area contributed by atoms with E-state index in [1.165, 1.54) is 0 Å². The molecule has 0 amide bonds. The number of nitrogens with one attached hydrogen (secondary N) is 1. The standard InChI is InChI=1S/C16H14N4O/c17-10-5-6-13-12(7-10)16(19-9-18-13)20-14-8-21-15-4-2-1-3-11(14)15/h1-7,9,14H,8,17H2,(H,18,19,20). The molecule has 0 bridgehead atoms. The summed E-state index contributed by atoms with van der Waals surface area (Å²) < 4.78 is 5.69. The summed E-state index contributed by atoms with van der Waals surface area (Å²) in [5.41, 5.74) is 8.58. The van der Waals surface area contributed by atoms with E-state index in [-0.39, 0.29) is 6.04 Å². The van der Waals surface area contributed by atoms with E-state index in [0.29, 0.717) is 12.3 Å². The minimum Gasteiger partial charge on any atom is -0.491 e. The van der Waals surface area contributed by atoms with Gasteiger partial charge in [-0.05, 0) is 24.3 Å². The highest BCUT2D eigenvalue weighted by molar-refractivity contribution is 5.91. The third-order valence-corrected chi connectivity index (χ3v) is 3.67. The van der Waals surface area contributed by atoms with E-state index in [2.05, 4.69) is 21.4 Å². The number of fused-ring (bicyclic) bond motifs is 2. The molecule has 1 atom stereocenters. The zero-order valence-electron chi connectivity index (χ0n) is 11.3. The highest BCUT2D eigenvalue weighted by Gasteiger charge is 2.24. The Bertz CT molecular complexity index is 818. The normalized spacial score (nSPS) is 16.5. The van der Waals surface area contributed by atoms with Crippen LogP contribution >= 0.6 is 0 Å². The van der Waals surface area contributed by atoms with Crippen molar-refractivity contribution in [2.75, 3.05) is 17.7 Å². The van der Waals surface area contributed by atoms with E-state index in [4.69, 9.17) is 10.5 Å². The summed E-state index contributed by atoms with van der Waals surface area (Å²) in [5, 5.41) is 4.35. The van der Waals surface area contributed by atoms with Gasteiger partial charge in [0, 0.05) is 16.6 Å². The fourth-order valence-electron chi connectivity index (χ4n) is 2.64. The number of ether oxygens (including phenoxy) is 1. The molecule has 104 valence electrons. The van der Waals surface area contributed by atoms with Crippen molar-refractivity contribution in [1.82, 2.24) is 9.97 Å². The van der Waals surface area contributed by atoms with E-state index in [1.807, 2.05) is 36.4 Å². The topological polar surface area (TPSA) is 73.1 Å². The number of hydrogen-bond donors (Lipinski definition) is 2. The second-order valence-electron chi connectivity index (χ2n) is 5.04. The van der Waals surface area contributed by atoms with Crippen LogP contribution in [0.5, 0.6) is 5.75 Å². The van der Waals surface area contributed by atoms with E-state index < -0.39 is 0 Å². The summed E-state index contributed by atoms with van der Waals surface area (Å²) in [5.74, 6) is 1.70. The number of nitrogen functional groups attached to an aromatic ring is 1. The lowest BCUT2D eigenvalue weighted by Gasteiger charge is -2.14. The van der Waals surface area contributed by atoms with Crippen LogP contribution in [0.4, 0.5) is 11.5 Å². The molecule has 5 nitrogen and oxygen atoms in total. The second kappa shape index (κ2) is 4.63. The van der Waals surface area contributed by atoms with Crippen LogP contribution in [0.25, 0.3) is 10.9 Å². The number of aromatic nitrogens is 2. The number of para-hydroxylation sites is 1. The molecule has 3 N–H and O–H groups in total. The van der Waals surface area contributed by atoms with Gasteiger partial charge in [-0.15, -0.1) is 0 Å². The molecule has 0 radical (unpaired) electrons. The molecule has 1 aromatic heterocycles. The fraction of sp³-hybridized carbons (Fsp3) is 0.125. The van der Waals surface area contributed by atoms with Crippen molar-refractivity contribution in [3.05, 3.63) is 54.4 Å². The maximum absolute atomic E-state index is 5.87. The largest absolute Gasteiger partial charge is 0.491 e. The molecule has 0 saturated carbocycles. The Morgan fingerprint density at radius 1 is 1.14 bits per heavy atom. The lowest BCUT2D eigenvalue weighted by Crippen LogP contribution is -2.13. The van der Waals surface area contributed by atoms with Crippen molar-refractivity contribution in [1.29, 1.82) is 0 Å². The molecule has 2 aromatic carbocycles. The van der Waals surface area contributed by atoms with Gasteiger partial charge in [0.25, 0.3) is 0 Å². The van der Waals surface area contributed by atoms with Crippen LogP contribution in [0, 0.1) is 0 Å². The number of nitrogens with two attached hydrogens (primary N) is 1. The van der Waals surface area contributed by atoms with Crippen LogP contribution in [0.2, 0.25) is 0 Å². The summed E-state index contributed by atoms with van der Waals surface area (Å²) in [4.78, 5) is 8.62. The van der Waals surface area contributed by atoms with Gasteiger partial charge in [-0.3, -0.25) is 0 Å². The molecule has 3 aromatic rings. The highest BCUT2D eigenvalue weighted by Crippen LogP contribution is 2.35. The van der Waals surface area contributed by atoms with E-state index in [9.17, 15) is 0 Å². The number of hydrogen-bond acceptors (Lipinski definition) is 5. The molecular formula is C16H14N4O. The van der Waals surface area contributed by atoms with Crippen molar-refractivity contribution in [3.63, 3.8) is 0 Å². The first kappa shape index (κ1) is 12.0. The van der Waals surface area contributed by atoms with Gasteiger partial charge >= 0.3 is 0 Å². The highest BCUT2D eigenvalue weighted by atomic mass is 16.5. The average Bonchev–Trinajstić information content (AvgIpc) is 2.91. The predicted molar refractivity (Wildman–Crippen MR) is 82.3 cm³/mol. The first-order chi connectivity index (χ1) is 10.3. The van der Waals surface area contributed by atoms with Gasteiger partial charge in [0.2, 0.25) is 0 Å². The first-order valence-corrected chi connectivity index (χ1v) is 6.80. The molecule has 0 aliphatic carbocycles. The molecule has 0 saturated heterocycles. The van der Waals surface area contributed by atoms with Crippen LogP contribution in [0.15, 0.2) is 48.8 Å². The molecule has 0 spiro atoms. The van der Waals surface area contributed by atoms with Crippen LogP contribution < -0.4 is 15.8 Å². The van der Waals surface area contributed by atoms with Crippen molar-refractivity contribution < 1.29 is 4.74 Å². The smallest absolute Gasteiger partial charge is 0.137 e. The van der Waals surface area contributed by atoms with Crippen LogP contribution in [-0.4, -0.2) is 16.6 Å². The Kier molecular flexibility index (Phi) is 2.64. The van der Waals surface area contributed by atoms with E-state index >= 15 is 0 Å². The maximum Gasteiger partial charge on any atom is 0.137 e. The van der Waals surface area contributed by atoms with Gasteiger partial charge in [0.05, 0.1) is 11.6 Å². The summed E-state index contributed by atoms with van der Waals surface area (Å²) in [7, 11) is 0. The van der Waals surface area contributed by atoms with Gasteiger partial charge in [-0.2, -0.15) is 0 Å². The Hall–Kier alpha value is -2.82. The predicted octanol–water partition coefficient (Wildman–Crippen LogP) is 2.76. The molecule has 4 rings (SSSR count). The van der Waals surface area contributed by atoms with Crippen molar-refractivity contribution in [2.45, 2.75) is 6.04 Å². The Labute approximate surface area is 121 Å². The van der Waals surface area contributed by atoms with Gasteiger partial charge < -0.3 is 15.8 Å². The summed E-state index contributed by atoms with van der Waals surface area (Å²) >= 11 is 0. The number of rotatable bonds is 2. The summed E-state index contributed by atoms with van der Waals surface area (Å²) in [6.07, 6.45) is 1.56. The first-order valence-electron chi connectivity index (χ1n) is 6.80. The molecule has 21 heavy (non-hydrogen) atoms. The van der Waals surface area contributed by atoms with Gasteiger partial charge in [0.15, 0.2) is 0 Å². The maximum atomic E-state index is 5.87. The van der Waals surface area contributed by atoms with Gasteiger partial charge in [-0.25, -0.2) is 9.97 Å². The second-order valence-corrected chi connectivity index (χ2v) is 5.04. The van der Waals surface area contributed by atoms with Gasteiger partial charge in [-0.1, -0.05) is 18.2 Å². The van der Waals surface area contributed by atoms with Crippen molar-refractivity contribution in [2.24, 2.45) is 0 Å². The quantitative estimate of drug-likeness (QED) is 0.705. The number of benzene rings is 2.